The first kappa shape index (κ1) is 6.01. The molecule has 7 heavy (non-hydrogen) atoms. The highest BCUT2D eigenvalue weighted by Crippen LogP contribution is 1.56. The van der Waals surface area contributed by atoms with Crippen molar-refractivity contribution in [3.05, 3.63) is 0 Å². The molecule has 0 atom stereocenters. The largest absolute Gasteiger partial charge is 0.277 e. The second-order valence-electron chi connectivity index (χ2n) is 0.821. The van der Waals surface area contributed by atoms with Crippen LogP contribution in [0.4, 0.5) is 0 Å². The van der Waals surface area contributed by atoms with Crippen LogP contribution in [0.25, 0.3) is 0 Å². The van der Waals surface area contributed by atoms with Crippen LogP contribution < -0.4 is 0 Å². The molecule has 0 amide bonds. The van der Waals surface area contributed by atoms with Gasteiger partial charge >= 0.3 is 0 Å². The van der Waals surface area contributed by atoms with Crippen LogP contribution in [0.2, 0.25) is 0 Å². The summed E-state index contributed by atoms with van der Waals surface area (Å²) >= 11 is 0. The normalized spacial score (nSPS) is 11.0. The lowest BCUT2D eigenvalue weighted by Gasteiger charge is -1.66. The molecule has 0 radical (unpaired) electrons. The molecule has 0 N–H and O–H groups in total. The minimum absolute atomic E-state index is 1.33. The maximum absolute atomic E-state index is 3.56. The van der Waals surface area contributed by atoms with Crippen LogP contribution in [0, 0.1) is 0 Å². The first-order valence-corrected chi connectivity index (χ1v) is 1.80. The molecular weight excluding hydrogens is 90.1 g/mol. The molecule has 0 spiro atoms. The predicted octanol–water partition coefficient (Wildman–Crippen LogP) is 0.373. The Morgan fingerprint density at radius 3 is 2.57 bits per heavy atom. The molecule has 38 valence electrons. The van der Waals surface area contributed by atoms with E-state index in [1.165, 1.54) is 12.7 Å². The Morgan fingerprint density at radius 2 is 2.14 bits per heavy atom. The van der Waals surface area contributed by atoms with Crippen molar-refractivity contribution in [2.45, 2.75) is 0 Å². The summed E-state index contributed by atoms with van der Waals surface area (Å²) in [6.45, 7) is 3.17. The van der Waals surface area contributed by atoms with Crippen molar-refractivity contribution >= 4 is 19.4 Å². The Morgan fingerprint density at radius 1 is 1.43 bits per heavy atom. The Labute approximate surface area is 42.5 Å². The number of hydrogen-bond acceptors (Lipinski definition) is 1. The molecule has 0 aliphatic heterocycles. The van der Waals surface area contributed by atoms with Crippen molar-refractivity contribution < 1.29 is 0 Å². The van der Waals surface area contributed by atoms with Crippen molar-refractivity contribution in [2.75, 3.05) is 7.05 Å². The summed E-state index contributed by atoms with van der Waals surface area (Å²) in [5, 5.41) is 0. The summed E-state index contributed by atoms with van der Waals surface area (Å²) in [5.74, 6) is 0. The lowest BCUT2D eigenvalue weighted by atomic mass is 11.1. The minimum Gasteiger partial charge on any atom is -0.277 e. The topological polar surface area (TPSA) is 37.1 Å². The van der Waals surface area contributed by atoms with Crippen LogP contribution in [0.3, 0.4) is 0 Å². The summed E-state index contributed by atoms with van der Waals surface area (Å²) in [4.78, 5) is 10.5. The molecule has 3 heteroatoms. The van der Waals surface area contributed by atoms with Crippen molar-refractivity contribution in [2.24, 2.45) is 15.0 Å². The smallest absolute Gasteiger partial charge is 0.116 e. The van der Waals surface area contributed by atoms with E-state index in [9.17, 15) is 0 Å². The van der Waals surface area contributed by atoms with Gasteiger partial charge in [-0.1, -0.05) is 0 Å². The van der Waals surface area contributed by atoms with Crippen LogP contribution in [0.1, 0.15) is 0 Å². The second-order valence-corrected chi connectivity index (χ2v) is 0.821. The van der Waals surface area contributed by atoms with Gasteiger partial charge in [-0.3, -0.25) is 9.98 Å². The molecule has 0 fully saturated rings. The molecule has 0 bridgehead atoms. The number of aliphatic imine (C=N–C) groups is 3. The Hall–Kier alpha value is -0.990. The van der Waals surface area contributed by atoms with E-state index in [4.69, 9.17) is 0 Å². The van der Waals surface area contributed by atoms with Crippen molar-refractivity contribution in [1.29, 1.82) is 0 Å². The molecule has 0 aromatic carbocycles. The van der Waals surface area contributed by atoms with Crippen molar-refractivity contribution in [1.82, 2.24) is 0 Å². The van der Waals surface area contributed by atoms with E-state index in [0.717, 1.165) is 0 Å². The summed E-state index contributed by atoms with van der Waals surface area (Å²) in [6, 6.07) is 0. The molecule has 0 aromatic heterocycles. The number of nitrogens with zero attached hydrogens (tertiary/aromatic N) is 3. The Balaban J connectivity index is 3.27. The standard InChI is InChI=1S/C4H7N3/c1-5-3-7-4-6-2/h3-4H,1H2,2H3. The molecule has 0 saturated heterocycles. The highest BCUT2D eigenvalue weighted by atomic mass is 14.9. The van der Waals surface area contributed by atoms with E-state index in [-0.39, 0.29) is 0 Å². The fourth-order valence-corrected chi connectivity index (χ4v) is 0.144. The van der Waals surface area contributed by atoms with E-state index >= 15 is 0 Å². The lowest BCUT2D eigenvalue weighted by molar-refractivity contribution is 1.44. The van der Waals surface area contributed by atoms with E-state index in [2.05, 4.69) is 21.7 Å². The molecule has 3 nitrogen and oxygen atoms in total. The zero-order valence-electron chi connectivity index (χ0n) is 4.20. The van der Waals surface area contributed by atoms with Crippen LogP contribution in [-0.2, 0) is 0 Å². The van der Waals surface area contributed by atoms with Gasteiger partial charge in [0.2, 0.25) is 0 Å². The van der Waals surface area contributed by atoms with E-state index < -0.39 is 0 Å². The zero-order chi connectivity index (χ0) is 5.54. The van der Waals surface area contributed by atoms with E-state index in [1.807, 2.05) is 0 Å². The van der Waals surface area contributed by atoms with Gasteiger partial charge in [-0.05, 0) is 6.72 Å². The van der Waals surface area contributed by atoms with E-state index in [0.29, 0.717) is 0 Å². The summed E-state index contributed by atoms with van der Waals surface area (Å²) in [6.07, 6.45) is 2.72. The SMILES string of the molecule is C=NC=NC=NC. The number of hydrogen-bond donors (Lipinski definition) is 0. The molecule has 0 unspecified atom stereocenters. The van der Waals surface area contributed by atoms with Crippen LogP contribution in [0.5, 0.6) is 0 Å². The Kier molecular flexibility index (Phi) is 4.30. The van der Waals surface area contributed by atoms with Gasteiger partial charge in [-0.2, -0.15) is 0 Å². The van der Waals surface area contributed by atoms with Crippen LogP contribution in [-0.4, -0.2) is 26.4 Å². The van der Waals surface area contributed by atoms with Gasteiger partial charge in [0.1, 0.15) is 12.7 Å². The molecule has 0 aliphatic carbocycles. The first-order chi connectivity index (χ1) is 3.41. The highest BCUT2D eigenvalue weighted by molar-refractivity contribution is 5.73. The number of rotatable bonds is 2. The fourth-order valence-electron chi connectivity index (χ4n) is 0.144. The predicted molar refractivity (Wildman–Crippen MR) is 32.5 cm³/mol. The molecule has 0 aromatic rings. The maximum atomic E-state index is 3.56. The molecule has 0 heterocycles. The van der Waals surface area contributed by atoms with Gasteiger partial charge < -0.3 is 0 Å². The molecular formula is C4H7N3. The second kappa shape index (κ2) is 5.01. The average molecular weight is 97.1 g/mol. The third-order valence-corrected chi connectivity index (χ3v) is 0.330. The average Bonchev–Trinajstić information content (AvgIpc) is 1.69. The quantitative estimate of drug-likeness (QED) is 0.353. The molecule has 0 aliphatic rings. The van der Waals surface area contributed by atoms with Gasteiger partial charge in [-0.25, -0.2) is 4.99 Å². The summed E-state index contributed by atoms with van der Waals surface area (Å²) < 4.78 is 0. The molecule has 0 rings (SSSR count). The monoisotopic (exact) mass is 97.1 g/mol. The van der Waals surface area contributed by atoms with Crippen molar-refractivity contribution in [3.63, 3.8) is 0 Å². The summed E-state index contributed by atoms with van der Waals surface area (Å²) in [5.41, 5.74) is 0. The Bertz CT molecular complexity index is 93.1. The van der Waals surface area contributed by atoms with Gasteiger partial charge in [0.15, 0.2) is 0 Å². The van der Waals surface area contributed by atoms with Gasteiger partial charge in [0.25, 0.3) is 0 Å². The zero-order valence-corrected chi connectivity index (χ0v) is 4.20. The van der Waals surface area contributed by atoms with Gasteiger partial charge in [-0.15, -0.1) is 0 Å². The van der Waals surface area contributed by atoms with Crippen LogP contribution >= 0.6 is 0 Å². The maximum Gasteiger partial charge on any atom is 0.116 e. The molecule has 0 saturated carbocycles. The summed E-state index contributed by atoms with van der Waals surface area (Å²) in [7, 11) is 1.64. The highest BCUT2D eigenvalue weighted by Gasteiger charge is 1.52. The minimum atomic E-state index is 1.33. The van der Waals surface area contributed by atoms with Crippen LogP contribution in [0.15, 0.2) is 15.0 Å². The first-order valence-electron chi connectivity index (χ1n) is 1.80. The van der Waals surface area contributed by atoms with Gasteiger partial charge in [0.05, 0.1) is 0 Å². The lowest BCUT2D eigenvalue weighted by Crippen LogP contribution is -1.64. The van der Waals surface area contributed by atoms with E-state index in [1.54, 1.807) is 7.05 Å². The van der Waals surface area contributed by atoms with Crippen molar-refractivity contribution in [3.8, 4) is 0 Å². The fraction of sp³-hybridized carbons (Fsp3) is 0.250. The third kappa shape index (κ3) is 5.01. The third-order valence-electron chi connectivity index (χ3n) is 0.330. The van der Waals surface area contributed by atoms with Gasteiger partial charge in [0, 0.05) is 7.05 Å².